The van der Waals surface area contributed by atoms with Gasteiger partial charge in [0.2, 0.25) is 0 Å². The highest BCUT2D eigenvalue weighted by atomic mass is 32.2. The van der Waals surface area contributed by atoms with Crippen LogP contribution >= 0.6 is 11.8 Å². The molecule has 0 aromatic heterocycles. The Hall–Kier alpha value is -1.22. The second kappa shape index (κ2) is 4.16. The van der Waals surface area contributed by atoms with Gasteiger partial charge in [-0.15, -0.1) is 0 Å². The van der Waals surface area contributed by atoms with E-state index in [0.29, 0.717) is 6.04 Å². The lowest BCUT2D eigenvalue weighted by atomic mass is 10.0. The largest absolute Gasteiger partial charge is 0.321 e. The first-order valence-electron chi connectivity index (χ1n) is 6.72. The van der Waals surface area contributed by atoms with Gasteiger partial charge in [-0.1, -0.05) is 42.1 Å². The molecule has 92 valence electrons. The minimum atomic E-state index is 0.338. The van der Waals surface area contributed by atoms with Crippen LogP contribution in [-0.4, -0.2) is 16.6 Å². The van der Waals surface area contributed by atoms with E-state index in [2.05, 4.69) is 35.2 Å². The van der Waals surface area contributed by atoms with Gasteiger partial charge in [-0.2, -0.15) is 0 Å². The van der Waals surface area contributed by atoms with Gasteiger partial charge in [0.15, 0.2) is 5.17 Å². The number of hydrogen-bond donors (Lipinski definition) is 0. The highest BCUT2D eigenvalue weighted by molar-refractivity contribution is 8.17. The van der Waals surface area contributed by atoms with Crippen molar-refractivity contribution in [2.75, 3.05) is 6.54 Å². The molecular formula is C15H16N2S. The number of nitrogens with zero attached hydrogens (tertiary/aromatic N) is 2. The lowest BCUT2D eigenvalue weighted by molar-refractivity contribution is 0.476. The van der Waals surface area contributed by atoms with E-state index < -0.39 is 0 Å². The van der Waals surface area contributed by atoms with Crippen LogP contribution in [0.1, 0.15) is 37.3 Å². The summed E-state index contributed by atoms with van der Waals surface area (Å²) in [7, 11) is 0. The van der Waals surface area contributed by atoms with Gasteiger partial charge in [0.1, 0.15) is 0 Å². The lowest BCUT2D eigenvalue weighted by Gasteiger charge is -2.21. The first kappa shape index (κ1) is 10.7. The fraction of sp³-hybridized carbons (Fsp3) is 0.400. The van der Waals surface area contributed by atoms with Crippen molar-refractivity contribution in [2.45, 2.75) is 31.7 Å². The van der Waals surface area contributed by atoms with Crippen LogP contribution in [0.25, 0.3) is 0 Å². The van der Waals surface area contributed by atoms with E-state index in [0.717, 1.165) is 6.54 Å². The van der Waals surface area contributed by atoms with Crippen LogP contribution in [0.3, 0.4) is 0 Å². The van der Waals surface area contributed by atoms with Crippen molar-refractivity contribution in [3.63, 3.8) is 0 Å². The molecule has 2 aliphatic heterocycles. The zero-order valence-corrected chi connectivity index (χ0v) is 11.1. The molecule has 3 aliphatic rings. The molecule has 18 heavy (non-hydrogen) atoms. The normalized spacial score (nSPS) is 26.1. The van der Waals surface area contributed by atoms with E-state index >= 15 is 0 Å². The van der Waals surface area contributed by atoms with Crippen molar-refractivity contribution in [3.05, 3.63) is 46.5 Å². The lowest BCUT2D eigenvalue weighted by Crippen LogP contribution is -2.22. The van der Waals surface area contributed by atoms with Gasteiger partial charge in [-0.25, -0.2) is 0 Å². The third-order valence-corrected chi connectivity index (χ3v) is 5.16. The van der Waals surface area contributed by atoms with Crippen molar-refractivity contribution in [1.82, 2.24) is 4.90 Å². The van der Waals surface area contributed by atoms with E-state index in [1.54, 1.807) is 10.6 Å². The summed E-state index contributed by atoms with van der Waals surface area (Å²) in [6.07, 6.45) is 5.22. The Bertz CT molecular complexity index is 533. The van der Waals surface area contributed by atoms with Crippen LogP contribution in [0.5, 0.6) is 0 Å². The van der Waals surface area contributed by atoms with Crippen molar-refractivity contribution < 1.29 is 0 Å². The molecule has 0 saturated heterocycles. The van der Waals surface area contributed by atoms with Gasteiger partial charge in [0.05, 0.1) is 12.6 Å². The average molecular weight is 256 g/mol. The number of hydrogen-bond acceptors (Lipinski definition) is 3. The van der Waals surface area contributed by atoms with Crippen molar-refractivity contribution in [3.8, 4) is 0 Å². The standard InChI is InChI=1S/C15H16N2S/c1-2-6-11(7-3-1)12-10-17-13-8-4-5-9-14(13)18-15(17)16-12/h1-3,6-7,12H,4-5,8-10H2. The predicted molar refractivity (Wildman–Crippen MR) is 76.4 cm³/mol. The minimum Gasteiger partial charge on any atom is -0.321 e. The second-order valence-corrected chi connectivity index (χ2v) is 6.19. The molecule has 2 nitrogen and oxygen atoms in total. The number of aliphatic imine (C=N–C) groups is 1. The summed E-state index contributed by atoms with van der Waals surface area (Å²) in [5.74, 6) is 0. The molecule has 0 saturated carbocycles. The summed E-state index contributed by atoms with van der Waals surface area (Å²) in [4.78, 5) is 8.97. The van der Waals surface area contributed by atoms with E-state index in [-0.39, 0.29) is 0 Å². The molecule has 1 aromatic carbocycles. The summed E-state index contributed by atoms with van der Waals surface area (Å²) in [5, 5.41) is 1.25. The van der Waals surface area contributed by atoms with Gasteiger partial charge in [-0.3, -0.25) is 4.99 Å². The fourth-order valence-electron chi connectivity index (χ4n) is 3.02. The zero-order chi connectivity index (χ0) is 11.9. The summed E-state index contributed by atoms with van der Waals surface area (Å²) in [6.45, 7) is 1.05. The molecule has 0 bridgehead atoms. The quantitative estimate of drug-likeness (QED) is 0.756. The SMILES string of the molecule is c1ccc(C2CN3C(=N2)SC2=C3CCCC2)cc1. The monoisotopic (exact) mass is 256 g/mol. The van der Waals surface area contributed by atoms with E-state index in [9.17, 15) is 0 Å². The van der Waals surface area contributed by atoms with Crippen LogP contribution in [0, 0.1) is 0 Å². The summed E-state index contributed by atoms with van der Waals surface area (Å²) in [5.41, 5.74) is 2.92. The van der Waals surface area contributed by atoms with Crippen molar-refractivity contribution in [1.29, 1.82) is 0 Å². The smallest absolute Gasteiger partial charge is 0.168 e. The number of rotatable bonds is 1. The molecule has 2 heterocycles. The van der Waals surface area contributed by atoms with Gasteiger partial charge in [-0.05, 0) is 31.2 Å². The number of allylic oxidation sites excluding steroid dienone is 2. The molecule has 4 rings (SSSR count). The highest BCUT2D eigenvalue weighted by Gasteiger charge is 2.36. The van der Waals surface area contributed by atoms with Crippen LogP contribution in [-0.2, 0) is 0 Å². The Morgan fingerprint density at radius 2 is 1.94 bits per heavy atom. The van der Waals surface area contributed by atoms with E-state index in [4.69, 9.17) is 4.99 Å². The highest BCUT2D eigenvalue weighted by Crippen LogP contribution is 2.46. The maximum absolute atomic E-state index is 4.91. The Kier molecular flexibility index (Phi) is 2.47. The number of benzene rings is 1. The summed E-state index contributed by atoms with van der Waals surface area (Å²) < 4.78 is 0. The summed E-state index contributed by atoms with van der Waals surface area (Å²) >= 11 is 1.92. The first-order valence-corrected chi connectivity index (χ1v) is 7.53. The topological polar surface area (TPSA) is 15.6 Å². The average Bonchev–Trinajstić information content (AvgIpc) is 2.97. The molecule has 1 aliphatic carbocycles. The predicted octanol–water partition coefficient (Wildman–Crippen LogP) is 3.93. The van der Waals surface area contributed by atoms with Crippen molar-refractivity contribution in [2.24, 2.45) is 4.99 Å². The van der Waals surface area contributed by atoms with E-state index in [1.807, 2.05) is 11.8 Å². The van der Waals surface area contributed by atoms with Crippen LogP contribution < -0.4 is 0 Å². The molecule has 0 fully saturated rings. The third-order valence-electron chi connectivity index (χ3n) is 3.97. The molecule has 0 spiro atoms. The molecule has 3 heteroatoms. The zero-order valence-electron chi connectivity index (χ0n) is 10.3. The fourth-order valence-corrected chi connectivity index (χ4v) is 4.30. The molecule has 1 unspecified atom stereocenters. The Morgan fingerprint density at radius 1 is 1.11 bits per heavy atom. The maximum atomic E-state index is 4.91. The van der Waals surface area contributed by atoms with Crippen LogP contribution in [0.4, 0.5) is 0 Å². The van der Waals surface area contributed by atoms with Gasteiger partial charge in [0.25, 0.3) is 0 Å². The first-order chi connectivity index (χ1) is 8.92. The Balaban J connectivity index is 1.61. The van der Waals surface area contributed by atoms with Crippen molar-refractivity contribution >= 4 is 16.9 Å². The van der Waals surface area contributed by atoms with E-state index in [1.165, 1.54) is 36.4 Å². The number of amidine groups is 1. The molecule has 0 N–H and O–H groups in total. The van der Waals surface area contributed by atoms with Crippen LogP contribution in [0.15, 0.2) is 45.9 Å². The Labute approximate surface area is 112 Å². The molecule has 0 amide bonds. The summed E-state index contributed by atoms with van der Waals surface area (Å²) in [6, 6.07) is 11.0. The van der Waals surface area contributed by atoms with Gasteiger partial charge < -0.3 is 4.90 Å². The van der Waals surface area contributed by atoms with Crippen LogP contribution in [0.2, 0.25) is 0 Å². The second-order valence-electron chi connectivity index (χ2n) is 5.13. The molecule has 1 aromatic rings. The maximum Gasteiger partial charge on any atom is 0.168 e. The molecular weight excluding hydrogens is 240 g/mol. The minimum absolute atomic E-state index is 0.338. The van der Waals surface area contributed by atoms with Gasteiger partial charge >= 0.3 is 0 Å². The number of fused-ring (bicyclic) bond motifs is 2. The van der Waals surface area contributed by atoms with Gasteiger partial charge in [0, 0.05) is 10.6 Å². The Morgan fingerprint density at radius 3 is 2.83 bits per heavy atom. The molecule has 1 atom stereocenters. The third kappa shape index (κ3) is 1.61. The number of thioether (sulfide) groups is 1. The molecule has 0 radical (unpaired) electrons.